The van der Waals surface area contributed by atoms with Crippen molar-refractivity contribution in [2.24, 2.45) is 5.73 Å². The van der Waals surface area contributed by atoms with Gasteiger partial charge >= 0.3 is 0 Å². The Bertz CT molecular complexity index is 108. The Hall–Kier alpha value is -0.410. The van der Waals surface area contributed by atoms with E-state index in [0.29, 0.717) is 0 Å². The van der Waals surface area contributed by atoms with Crippen LogP contribution in [0.25, 0.3) is 0 Å². The van der Waals surface area contributed by atoms with Crippen LogP contribution in [0.1, 0.15) is 12.8 Å². The molecule has 1 saturated heterocycles. The fourth-order valence-electron chi connectivity index (χ4n) is 0.963. The molecule has 0 spiro atoms. The van der Waals surface area contributed by atoms with Gasteiger partial charge in [0.2, 0.25) is 0 Å². The van der Waals surface area contributed by atoms with Gasteiger partial charge < -0.3 is 10.5 Å². The third kappa shape index (κ3) is 1.50. The molecule has 52 valence electrons. The van der Waals surface area contributed by atoms with Crippen molar-refractivity contribution < 1.29 is 9.53 Å². The van der Waals surface area contributed by atoms with Crippen LogP contribution in [-0.4, -0.2) is 25.0 Å². The van der Waals surface area contributed by atoms with E-state index >= 15 is 0 Å². The second-order valence-electron chi connectivity index (χ2n) is 2.17. The zero-order valence-electron chi connectivity index (χ0n) is 5.30. The van der Waals surface area contributed by atoms with Crippen molar-refractivity contribution in [2.45, 2.75) is 18.9 Å². The quantitative estimate of drug-likeness (QED) is 0.556. The van der Waals surface area contributed by atoms with Crippen LogP contribution >= 0.6 is 0 Å². The molecule has 1 fully saturated rings. The highest BCUT2D eigenvalue weighted by Crippen LogP contribution is 2.11. The molecule has 0 aromatic heterocycles. The number of carbonyl (C=O) groups is 1. The molecule has 0 bridgehead atoms. The molecular weight excluding hydrogens is 118 g/mol. The van der Waals surface area contributed by atoms with E-state index in [4.69, 9.17) is 10.5 Å². The van der Waals surface area contributed by atoms with Crippen LogP contribution in [-0.2, 0) is 9.53 Å². The lowest BCUT2D eigenvalue weighted by molar-refractivity contribution is -0.126. The zero-order chi connectivity index (χ0) is 6.69. The summed E-state index contributed by atoms with van der Waals surface area (Å²) in [6.07, 6.45) is 1.67. The van der Waals surface area contributed by atoms with Gasteiger partial charge in [-0.15, -0.1) is 0 Å². The minimum atomic E-state index is -0.185. The highest BCUT2D eigenvalue weighted by Gasteiger charge is 2.21. The topological polar surface area (TPSA) is 52.3 Å². The van der Waals surface area contributed by atoms with E-state index in [0.717, 1.165) is 19.4 Å². The summed E-state index contributed by atoms with van der Waals surface area (Å²) >= 11 is 0. The second kappa shape index (κ2) is 2.94. The lowest BCUT2D eigenvalue weighted by Gasteiger charge is -2.03. The van der Waals surface area contributed by atoms with Crippen molar-refractivity contribution in [2.75, 3.05) is 13.2 Å². The average molecular weight is 129 g/mol. The highest BCUT2D eigenvalue weighted by molar-refractivity contribution is 5.84. The monoisotopic (exact) mass is 129 g/mol. The number of hydrogen-bond donors (Lipinski definition) is 1. The molecule has 0 aromatic rings. The Labute approximate surface area is 54.2 Å². The maximum absolute atomic E-state index is 10.8. The predicted molar refractivity (Wildman–Crippen MR) is 33.0 cm³/mol. The number of hydrogen-bond acceptors (Lipinski definition) is 3. The number of rotatable bonds is 2. The smallest absolute Gasteiger partial charge is 0.175 e. The van der Waals surface area contributed by atoms with Gasteiger partial charge in [-0.3, -0.25) is 4.79 Å². The Kier molecular flexibility index (Phi) is 2.19. The SMILES string of the molecule is NCC(=O)C1CCCO1. The molecule has 1 rings (SSSR count). The minimum absolute atomic E-state index is 0.0347. The number of nitrogens with two attached hydrogens (primary N) is 1. The van der Waals surface area contributed by atoms with Crippen LogP contribution in [0, 0.1) is 0 Å². The molecule has 1 heterocycles. The summed E-state index contributed by atoms with van der Waals surface area (Å²) in [7, 11) is 0. The standard InChI is InChI=1S/C6H11NO2/c7-4-5(8)6-2-1-3-9-6/h6H,1-4,7H2. The molecular formula is C6H11NO2. The third-order valence-electron chi connectivity index (χ3n) is 1.49. The number of carbonyl (C=O) groups excluding carboxylic acids is 1. The van der Waals surface area contributed by atoms with Crippen molar-refractivity contribution in [1.82, 2.24) is 0 Å². The molecule has 0 amide bonds. The first-order chi connectivity index (χ1) is 4.34. The summed E-state index contributed by atoms with van der Waals surface area (Å²) in [6.45, 7) is 0.834. The lowest BCUT2D eigenvalue weighted by Crippen LogP contribution is -2.26. The van der Waals surface area contributed by atoms with Crippen LogP contribution in [0.4, 0.5) is 0 Å². The van der Waals surface area contributed by atoms with Crippen LogP contribution in [0.15, 0.2) is 0 Å². The summed E-state index contributed by atoms with van der Waals surface area (Å²) in [6, 6.07) is 0. The van der Waals surface area contributed by atoms with E-state index in [2.05, 4.69) is 0 Å². The zero-order valence-corrected chi connectivity index (χ0v) is 5.30. The third-order valence-corrected chi connectivity index (χ3v) is 1.49. The molecule has 2 N–H and O–H groups in total. The van der Waals surface area contributed by atoms with Gasteiger partial charge in [0.05, 0.1) is 6.54 Å². The maximum atomic E-state index is 10.8. The Balaban J connectivity index is 2.32. The maximum Gasteiger partial charge on any atom is 0.175 e. The fourth-order valence-corrected chi connectivity index (χ4v) is 0.963. The predicted octanol–water partition coefficient (Wildman–Crippen LogP) is -0.307. The molecule has 9 heavy (non-hydrogen) atoms. The molecule has 0 aliphatic carbocycles. The number of ketones is 1. The first kappa shape index (κ1) is 6.71. The Morgan fingerprint density at radius 1 is 1.78 bits per heavy atom. The van der Waals surface area contributed by atoms with Gasteiger partial charge in [0.25, 0.3) is 0 Å². The van der Waals surface area contributed by atoms with Gasteiger partial charge in [-0.05, 0) is 12.8 Å². The van der Waals surface area contributed by atoms with Crippen LogP contribution in [0.2, 0.25) is 0 Å². The van der Waals surface area contributed by atoms with Gasteiger partial charge in [-0.2, -0.15) is 0 Å². The first-order valence-electron chi connectivity index (χ1n) is 3.19. The van der Waals surface area contributed by atoms with Crippen molar-refractivity contribution in [1.29, 1.82) is 0 Å². The van der Waals surface area contributed by atoms with Gasteiger partial charge in [-0.25, -0.2) is 0 Å². The molecule has 3 nitrogen and oxygen atoms in total. The van der Waals surface area contributed by atoms with Gasteiger partial charge in [0, 0.05) is 6.61 Å². The minimum Gasteiger partial charge on any atom is -0.370 e. The summed E-state index contributed by atoms with van der Waals surface area (Å²) in [5, 5.41) is 0. The highest BCUT2D eigenvalue weighted by atomic mass is 16.5. The first-order valence-corrected chi connectivity index (χ1v) is 3.19. The number of ether oxygens (including phenoxy) is 1. The van der Waals surface area contributed by atoms with Gasteiger partial charge in [0.1, 0.15) is 6.10 Å². The largest absolute Gasteiger partial charge is 0.370 e. The van der Waals surface area contributed by atoms with E-state index in [1.165, 1.54) is 0 Å². The summed E-state index contributed by atoms with van der Waals surface area (Å²) in [5.74, 6) is 0.0347. The van der Waals surface area contributed by atoms with E-state index in [1.807, 2.05) is 0 Å². The van der Waals surface area contributed by atoms with E-state index in [-0.39, 0.29) is 18.4 Å². The Morgan fingerprint density at radius 2 is 2.56 bits per heavy atom. The molecule has 3 heteroatoms. The van der Waals surface area contributed by atoms with E-state index < -0.39 is 0 Å². The van der Waals surface area contributed by atoms with Crippen molar-refractivity contribution in [3.05, 3.63) is 0 Å². The molecule has 1 aliphatic heterocycles. The van der Waals surface area contributed by atoms with Gasteiger partial charge in [0.15, 0.2) is 5.78 Å². The van der Waals surface area contributed by atoms with E-state index in [9.17, 15) is 4.79 Å². The number of Topliss-reactive ketones (excluding diaryl/α,β-unsaturated/α-hetero) is 1. The fraction of sp³-hybridized carbons (Fsp3) is 0.833. The molecule has 0 radical (unpaired) electrons. The lowest BCUT2D eigenvalue weighted by atomic mass is 10.2. The van der Waals surface area contributed by atoms with Crippen molar-refractivity contribution in [3.8, 4) is 0 Å². The van der Waals surface area contributed by atoms with Crippen LogP contribution < -0.4 is 5.73 Å². The Morgan fingerprint density at radius 3 is 3.00 bits per heavy atom. The molecule has 1 unspecified atom stereocenters. The summed E-state index contributed by atoms with van der Waals surface area (Å²) < 4.78 is 5.08. The molecule has 0 saturated carbocycles. The molecule has 1 atom stereocenters. The van der Waals surface area contributed by atoms with Crippen molar-refractivity contribution >= 4 is 5.78 Å². The summed E-state index contributed by atoms with van der Waals surface area (Å²) in [5.41, 5.74) is 5.12. The van der Waals surface area contributed by atoms with E-state index in [1.54, 1.807) is 0 Å². The van der Waals surface area contributed by atoms with Gasteiger partial charge in [-0.1, -0.05) is 0 Å². The molecule has 0 aromatic carbocycles. The average Bonchev–Trinajstić information content (AvgIpc) is 2.37. The summed E-state index contributed by atoms with van der Waals surface area (Å²) in [4.78, 5) is 10.8. The van der Waals surface area contributed by atoms with Crippen LogP contribution in [0.3, 0.4) is 0 Å². The normalized spacial score (nSPS) is 26.6. The van der Waals surface area contributed by atoms with Crippen LogP contribution in [0.5, 0.6) is 0 Å². The van der Waals surface area contributed by atoms with Crippen molar-refractivity contribution in [3.63, 3.8) is 0 Å². The second-order valence-corrected chi connectivity index (χ2v) is 2.17. The molecule has 1 aliphatic rings.